The lowest BCUT2D eigenvalue weighted by atomic mass is 10.0. The van der Waals surface area contributed by atoms with E-state index in [1.54, 1.807) is 6.07 Å². The summed E-state index contributed by atoms with van der Waals surface area (Å²) in [7, 11) is 0. The molecule has 0 radical (unpaired) electrons. The molecule has 27 heavy (non-hydrogen) atoms. The number of carbonyl (C=O) groups is 1. The molecule has 0 N–H and O–H groups in total. The summed E-state index contributed by atoms with van der Waals surface area (Å²) in [6.07, 6.45) is 2.57. The van der Waals surface area contributed by atoms with Crippen molar-refractivity contribution in [3.63, 3.8) is 0 Å². The van der Waals surface area contributed by atoms with Gasteiger partial charge in [-0.2, -0.15) is 0 Å². The number of nitrogens with zero attached hydrogens (tertiary/aromatic N) is 2. The van der Waals surface area contributed by atoms with Gasteiger partial charge in [-0.1, -0.05) is 41.9 Å². The number of rotatable bonds is 6. The molecule has 0 bridgehead atoms. The van der Waals surface area contributed by atoms with Gasteiger partial charge >= 0.3 is 0 Å². The average molecular weight is 383 g/mol. The monoisotopic (exact) mass is 382 g/mol. The number of nitro benzene ring substituents is 1. The first kappa shape index (κ1) is 18.5. The molecule has 0 saturated carbocycles. The first-order valence-electron chi connectivity index (χ1n) is 8.15. The van der Waals surface area contributed by atoms with Crippen LogP contribution in [-0.2, 0) is 11.2 Å². The highest BCUT2D eigenvalue weighted by atomic mass is 35.5. The summed E-state index contributed by atoms with van der Waals surface area (Å²) in [6, 6.07) is 15.7. The second-order valence-corrected chi connectivity index (χ2v) is 6.41. The first-order chi connectivity index (χ1) is 13.0. The number of halogens is 1. The van der Waals surface area contributed by atoms with Crippen molar-refractivity contribution in [3.05, 3.63) is 97.9 Å². The third-order valence-electron chi connectivity index (χ3n) is 4.22. The lowest BCUT2D eigenvalue weighted by Crippen LogP contribution is -2.26. The van der Waals surface area contributed by atoms with Crippen LogP contribution in [0.15, 0.2) is 71.7 Å². The highest BCUT2D eigenvalue weighted by Gasteiger charge is 2.18. The number of hydrogen-bond acceptors (Lipinski definition) is 4. The van der Waals surface area contributed by atoms with E-state index in [1.165, 1.54) is 35.0 Å². The highest BCUT2D eigenvalue weighted by Crippen LogP contribution is 2.31. The minimum atomic E-state index is -0.664. The summed E-state index contributed by atoms with van der Waals surface area (Å²) in [6.45, 7) is 0. The number of pyridine rings is 1. The molecule has 2 aromatic carbocycles. The zero-order valence-electron chi connectivity index (χ0n) is 14.1. The molecule has 1 atom stereocenters. The first-order valence-corrected chi connectivity index (χ1v) is 8.53. The number of benzene rings is 2. The molecule has 0 saturated heterocycles. The molecule has 1 heterocycles. The van der Waals surface area contributed by atoms with Crippen molar-refractivity contribution in [2.45, 2.75) is 12.5 Å². The zero-order valence-corrected chi connectivity index (χ0v) is 14.9. The van der Waals surface area contributed by atoms with E-state index in [2.05, 4.69) is 0 Å². The van der Waals surface area contributed by atoms with Gasteiger partial charge in [0, 0.05) is 29.8 Å². The van der Waals surface area contributed by atoms with Gasteiger partial charge < -0.3 is 9.36 Å². The summed E-state index contributed by atoms with van der Waals surface area (Å²) >= 11 is 5.95. The van der Waals surface area contributed by atoms with Gasteiger partial charge in [-0.05, 0) is 29.3 Å². The number of aromatic nitrogens is 1. The van der Waals surface area contributed by atoms with Crippen LogP contribution in [0.2, 0.25) is 5.02 Å². The third kappa shape index (κ3) is 4.12. The molecule has 3 aromatic rings. The van der Waals surface area contributed by atoms with Gasteiger partial charge in [-0.15, -0.1) is 0 Å². The van der Waals surface area contributed by atoms with Crippen LogP contribution in [0.3, 0.4) is 0 Å². The van der Waals surface area contributed by atoms with Crippen LogP contribution >= 0.6 is 11.6 Å². The molecule has 3 rings (SSSR count). The SMILES string of the molecule is O=CC(Cc1ccccc1)n1ccc(-c2cc(Cl)ccc2[N+](=O)[O-])cc1=O. The molecular formula is C20H15ClN2O4. The Morgan fingerprint density at radius 1 is 1.11 bits per heavy atom. The van der Waals surface area contributed by atoms with Gasteiger partial charge in [-0.3, -0.25) is 14.9 Å². The smallest absolute Gasteiger partial charge is 0.277 e. The lowest BCUT2D eigenvalue weighted by molar-refractivity contribution is -0.384. The third-order valence-corrected chi connectivity index (χ3v) is 4.45. The topological polar surface area (TPSA) is 82.2 Å². The molecule has 136 valence electrons. The number of hydrogen-bond donors (Lipinski definition) is 0. The summed E-state index contributed by atoms with van der Waals surface area (Å²) in [5, 5.41) is 11.6. The van der Waals surface area contributed by atoms with Crippen molar-refractivity contribution < 1.29 is 9.72 Å². The van der Waals surface area contributed by atoms with Crippen LogP contribution in [0.5, 0.6) is 0 Å². The van der Waals surface area contributed by atoms with E-state index < -0.39 is 16.5 Å². The van der Waals surface area contributed by atoms with Gasteiger partial charge in [0.15, 0.2) is 0 Å². The van der Waals surface area contributed by atoms with E-state index >= 15 is 0 Å². The Balaban J connectivity index is 1.99. The Morgan fingerprint density at radius 3 is 2.48 bits per heavy atom. The van der Waals surface area contributed by atoms with Crippen molar-refractivity contribution in [2.24, 2.45) is 0 Å². The normalized spacial score (nSPS) is 11.7. The van der Waals surface area contributed by atoms with Crippen LogP contribution < -0.4 is 5.56 Å². The summed E-state index contributed by atoms with van der Waals surface area (Å²) in [5.74, 6) is 0. The van der Waals surface area contributed by atoms with Gasteiger partial charge in [0.05, 0.1) is 16.5 Å². The standard InChI is InChI=1S/C20H15ClN2O4/c21-16-6-7-19(23(26)27)18(12-16)15-8-9-22(20(25)11-15)17(13-24)10-14-4-2-1-3-5-14/h1-9,11-13,17H,10H2. The molecule has 1 unspecified atom stereocenters. The lowest BCUT2D eigenvalue weighted by Gasteiger charge is -2.15. The maximum Gasteiger partial charge on any atom is 0.277 e. The predicted octanol–water partition coefficient (Wildman–Crippen LogP) is 4.06. The number of aldehydes is 1. The number of nitro groups is 1. The zero-order chi connectivity index (χ0) is 19.4. The molecule has 0 amide bonds. The molecule has 0 aliphatic heterocycles. The summed E-state index contributed by atoms with van der Waals surface area (Å²) in [4.78, 5) is 34.8. The van der Waals surface area contributed by atoms with Gasteiger partial charge in [0.2, 0.25) is 0 Å². The second-order valence-electron chi connectivity index (χ2n) is 5.97. The molecule has 0 spiro atoms. The maximum atomic E-state index is 12.6. The van der Waals surface area contributed by atoms with Gasteiger partial charge in [-0.25, -0.2) is 0 Å². The Morgan fingerprint density at radius 2 is 1.85 bits per heavy atom. The maximum absolute atomic E-state index is 12.6. The van der Waals surface area contributed by atoms with Gasteiger partial charge in [0.1, 0.15) is 6.29 Å². The average Bonchev–Trinajstić information content (AvgIpc) is 2.67. The van der Waals surface area contributed by atoms with E-state index in [4.69, 9.17) is 11.6 Å². The summed E-state index contributed by atoms with van der Waals surface area (Å²) in [5.41, 5.74) is 0.982. The molecule has 6 nitrogen and oxygen atoms in total. The van der Waals surface area contributed by atoms with Crippen LogP contribution in [0, 0.1) is 10.1 Å². The van der Waals surface area contributed by atoms with Crippen molar-refractivity contribution in [3.8, 4) is 11.1 Å². The van der Waals surface area contributed by atoms with Crippen molar-refractivity contribution in [2.75, 3.05) is 0 Å². The predicted molar refractivity (Wildman–Crippen MR) is 103 cm³/mol. The Hall–Kier alpha value is -3.25. The number of carbonyl (C=O) groups excluding carboxylic acids is 1. The second kappa shape index (κ2) is 7.97. The molecular weight excluding hydrogens is 368 g/mol. The molecule has 7 heteroatoms. The fraction of sp³-hybridized carbons (Fsp3) is 0.100. The van der Waals surface area contributed by atoms with E-state index in [9.17, 15) is 19.7 Å². The summed E-state index contributed by atoms with van der Waals surface area (Å²) < 4.78 is 1.32. The van der Waals surface area contributed by atoms with E-state index in [1.807, 2.05) is 30.3 Å². The van der Waals surface area contributed by atoms with E-state index in [0.717, 1.165) is 11.8 Å². The van der Waals surface area contributed by atoms with Crippen LogP contribution in [0.25, 0.3) is 11.1 Å². The molecule has 0 fully saturated rings. The Kier molecular flexibility index (Phi) is 5.47. The van der Waals surface area contributed by atoms with Crippen molar-refractivity contribution >= 4 is 23.6 Å². The van der Waals surface area contributed by atoms with Crippen molar-refractivity contribution in [1.82, 2.24) is 4.57 Å². The molecule has 0 aliphatic rings. The van der Waals surface area contributed by atoms with Crippen molar-refractivity contribution in [1.29, 1.82) is 0 Å². The Labute approximate surface area is 159 Å². The quantitative estimate of drug-likeness (QED) is 0.365. The Bertz CT molecular complexity index is 1050. The fourth-order valence-corrected chi connectivity index (χ4v) is 3.07. The fourth-order valence-electron chi connectivity index (χ4n) is 2.90. The minimum Gasteiger partial charge on any atom is -0.305 e. The van der Waals surface area contributed by atoms with E-state index in [0.29, 0.717) is 17.0 Å². The molecule has 0 aliphatic carbocycles. The minimum absolute atomic E-state index is 0.146. The van der Waals surface area contributed by atoms with E-state index in [-0.39, 0.29) is 11.3 Å². The molecule has 1 aromatic heterocycles. The van der Waals surface area contributed by atoms with Crippen LogP contribution in [0.4, 0.5) is 5.69 Å². The van der Waals surface area contributed by atoms with Crippen LogP contribution in [0.1, 0.15) is 11.6 Å². The highest BCUT2D eigenvalue weighted by molar-refractivity contribution is 6.31. The van der Waals surface area contributed by atoms with Gasteiger partial charge in [0.25, 0.3) is 11.2 Å². The van der Waals surface area contributed by atoms with Crippen LogP contribution in [-0.4, -0.2) is 15.8 Å². The largest absolute Gasteiger partial charge is 0.305 e.